The summed E-state index contributed by atoms with van der Waals surface area (Å²) >= 11 is 1.52. The lowest BCUT2D eigenvalue weighted by Gasteiger charge is -2.31. The van der Waals surface area contributed by atoms with E-state index in [4.69, 9.17) is 4.74 Å². The molecule has 0 bridgehead atoms. The Hall–Kier alpha value is -1.82. The van der Waals surface area contributed by atoms with Crippen LogP contribution in [-0.2, 0) is 9.53 Å². The maximum absolute atomic E-state index is 12.0. The van der Waals surface area contributed by atoms with Crippen LogP contribution >= 0.6 is 11.3 Å². The van der Waals surface area contributed by atoms with E-state index < -0.39 is 0 Å². The van der Waals surface area contributed by atoms with Gasteiger partial charge in [0.05, 0.1) is 17.3 Å². The summed E-state index contributed by atoms with van der Waals surface area (Å²) in [5.74, 6) is -0.332. The van der Waals surface area contributed by atoms with Crippen LogP contribution in [0.4, 0.5) is 4.79 Å². The Balaban J connectivity index is 2.09. The summed E-state index contributed by atoms with van der Waals surface area (Å²) < 4.78 is 5.07. The predicted molar refractivity (Wildman–Crippen MR) is 66.0 cm³/mol. The first-order chi connectivity index (χ1) is 8.72. The molecule has 0 aromatic carbocycles. The van der Waals surface area contributed by atoms with Crippen molar-refractivity contribution in [1.29, 1.82) is 0 Å². The fourth-order valence-electron chi connectivity index (χ4n) is 2.31. The van der Waals surface area contributed by atoms with Crippen LogP contribution in [0, 0.1) is 0 Å². The van der Waals surface area contributed by atoms with E-state index in [9.17, 15) is 9.59 Å². The number of hydrogen-bond acceptors (Lipinski definition) is 4. The first-order valence-corrected chi connectivity index (χ1v) is 6.62. The molecule has 0 saturated heterocycles. The second-order valence-electron chi connectivity index (χ2n) is 4.08. The summed E-state index contributed by atoms with van der Waals surface area (Å²) in [7, 11) is 0. The lowest BCUT2D eigenvalue weighted by molar-refractivity contribution is -0.136. The molecule has 0 radical (unpaired) electrons. The van der Waals surface area contributed by atoms with Crippen LogP contribution in [0.15, 0.2) is 28.8 Å². The van der Waals surface area contributed by atoms with Gasteiger partial charge in [-0.1, -0.05) is 6.07 Å². The summed E-state index contributed by atoms with van der Waals surface area (Å²) in [6, 6.07) is 3.27. The van der Waals surface area contributed by atoms with Gasteiger partial charge in [0.1, 0.15) is 6.61 Å². The third-order valence-corrected chi connectivity index (χ3v) is 4.08. The van der Waals surface area contributed by atoms with Crippen molar-refractivity contribution in [3.05, 3.63) is 33.7 Å². The van der Waals surface area contributed by atoms with E-state index >= 15 is 0 Å². The molecule has 0 aliphatic carbocycles. The highest BCUT2D eigenvalue weighted by Crippen LogP contribution is 2.36. The molecule has 6 heteroatoms. The summed E-state index contributed by atoms with van der Waals surface area (Å²) in [4.78, 5) is 26.3. The maximum Gasteiger partial charge on any atom is 0.338 e. The number of amides is 2. The van der Waals surface area contributed by atoms with Crippen molar-refractivity contribution < 1.29 is 14.3 Å². The zero-order valence-corrected chi connectivity index (χ0v) is 10.6. The van der Waals surface area contributed by atoms with Gasteiger partial charge in [0.15, 0.2) is 0 Å². The second kappa shape index (κ2) is 4.13. The molecule has 2 aliphatic heterocycles. The smallest absolute Gasteiger partial charge is 0.338 e. The molecule has 2 amide bonds. The number of carbonyl (C=O) groups is 2. The number of carbonyl (C=O) groups excluding carboxylic acids is 2. The third-order valence-electron chi connectivity index (χ3n) is 3.14. The molecule has 94 valence electrons. The van der Waals surface area contributed by atoms with Crippen LogP contribution in [0.25, 0.3) is 0 Å². The average Bonchev–Trinajstić information content (AvgIpc) is 2.99. The lowest BCUT2D eigenvalue weighted by atomic mass is 10.0. The first-order valence-electron chi connectivity index (χ1n) is 5.74. The number of hydrogen-bond donors (Lipinski definition) is 1. The van der Waals surface area contributed by atoms with Crippen molar-refractivity contribution in [1.82, 2.24) is 10.2 Å². The van der Waals surface area contributed by atoms with Crippen molar-refractivity contribution in [3.63, 3.8) is 0 Å². The fourth-order valence-corrected chi connectivity index (χ4v) is 3.10. The molecular formula is C12H12N2O3S. The fraction of sp³-hybridized carbons (Fsp3) is 0.333. The van der Waals surface area contributed by atoms with E-state index in [1.165, 1.54) is 11.3 Å². The molecule has 3 heterocycles. The number of thiophene rings is 1. The summed E-state index contributed by atoms with van der Waals surface area (Å²) in [6.45, 7) is 2.59. The van der Waals surface area contributed by atoms with Gasteiger partial charge in [-0.15, -0.1) is 11.3 Å². The molecule has 2 aliphatic rings. The molecular weight excluding hydrogens is 252 g/mol. The topological polar surface area (TPSA) is 58.6 Å². The number of rotatable bonds is 2. The van der Waals surface area contributed by atoms with Crippen LogP contribution in [0.5, 0.6) is 0 Å². The molecule has 3 rings (SSSR count). The Labute approximate surface area is 108 Å². The van der Waals surface area contributed by atoms with Gasteiger partial charge in [-0.25, -0.2) is 9.59 Å². The van der Waals surface area contributed by atoms with Crippen molar-refractivity contribution in [2.45, 2.75) is 13.0 Å². The van der Waals surface area contributed by atoms with E-state index in [0.717, 1.165) is 4.88 Å². The quantitative estimate of drug-likeness (QED) is 0.826. The number of nitrogens with one attached hydrogen (secondary N) is 1. The molecule has 0 fully saturated rings. The average molecular weight is 264 g/mol. The van der Waals surface area contributed by atoms with E-state index in [0.29, 0.717) is 17.8 Å². The van der Waals surface area contributed by atoms with E-state index in [1.54, 1.807) is 4.90 Å². The molecule has 18 heavy (non-hydrogen) atoms. The first kappa shape index (κ1) is 11.3. The van der Waals surface area contributed by atoms with E-state index in [1.807, 2.05) is 24.4 Å². The number of esters is 1. The Morgan fingerprint density at radius 2 is 2.39 bits per heavy atom. The molecule has 1 N–H and O–H groups in total. The van der Waals surface area contributed by atoms with Crippen molar-refractivity contribution >= 4 is 23.3 Å². The van der Waals surface area contributed by atoms with Crippen molar-refractivity contribution in [2.75, 3.05) is 13.2 Å². The summed E-state index contributed by atoms with van der Waals surface area (Å²) in [5, 5.41) is 4.79. The van der Waals surface area contributed by atoms with Crippen molar-refractivity contribution in [2.24, 2.45) is 0 Å². The largest absolute Gasteiger partial charge is 0.456 e. The predicted octanol–water partition coefficient (Wildman–Crippen LogP) is 1.65. The van der Waals surface area contributed by atoms with Gasteiger partial charge < -0.3 is 10.1 Å². The molecule has 5 nitrogen and oxygen atoms in total. The van der Waals surface area contributed by atoms with Crippen molar-refractivity contribution in [3.8, 4) is 0 Å². The van der Waals surface area contributed by atoms with Gasteiger partial charge in [-0.2, -0.15) is 0 Å². The van der Waals surface area contributed by atoms with E-state index in [2.05, 4.69) is 5.32 Å². The molecule has 1 atom stereocenters. The normalized spacial score (nSPS) is 22.9. The Kier molecular flexibility index (Phi) is 2.59. The van der Waals surface area contributed by atoms with Gasteiger partial charge >= 0.3 is 12.0 Å². The highest BCUT2D eigenvalue weighted by Gasteiger charge is 2.41. The zero-order valence-electron chi connectivity index (χ0n) is 9.80. The van der Waals surface area contributed by atoms with Gasteiger partial charge in [-0.3, -0.25) is 4.90 Å². The summed E-state index contributed by atoms with van der Waals surface area (Å²) in [5.41, 5.74) is 1.27. The summed E-state index contributed by atoms with van der Waals surface area (Å²) in [6.07, 6.45) is 0. The standard InChI is InChI=1S/C12H12N2O3S/c1-2-14-7-6-17-11(15)9(7)10(13-12(14)16)8-4-3-5-18-8/h3-5,10H,2,6H2,1H3,(H,13,16)/t10-/m0/s1. The Morgan fingerprint density at radius 1 is 1.56 bits per heavy atom. The monoisotopic (exact) mass is 264 g/mol. The molecule has 1 aromatic heterocycles. The zero-order chi connectivity index (χ0) is 12.7. The highest BCUT2D eigenvalue weighted by atomic mass is 32.1. The van der Waals surface area contributed by atoms with Crippen LogP contribution < -0.4 is 5.32 Å². The van der Waals surface area contributed by atoms with Crippen LogP contribution in [-0.4, -0.2) is 30.1 Å². The van der Waals surface area contributed by atoms with Gasteiger partial charge in [0.2, 0.25) is 0 Å². The second-order valence-corrected chi connectivity index (χ2v) is 5.06. The highest BCUT2D eigenvalue weighted by molar-refractivity contribution is 7.10. The van der Waals surface area contributed by atoms with Gasteiger partial charge in [0, 0.05) is 11.4 Å². The minimum Gasteiger partial charge on any atom is -0.456 e. The molecule has 0 spiro atoms. The van der Waals surface area contributed by atoms with Gasteiger partial charge in [0.25, 0.3) is 0 Å². The Morgan fingerprint density at radius 3 is 3.06 bits per heavy atom. The van der Waals surface area contributed by atoms with Gasteiger partial charge in [-0.05, 0) is 18.4 Å². The van der Waals surface area contributed by atoms with Crippen LogP contribution in [0.1, 0.15) is 17.8 Å². The van der Waals surface area contributed by atoms with Crippen LogP contribution in [0.2, 0.25) is 0 Å². The number of nitrogens with zero attached hydrogens (tertiary/aromatic N) is 1. The molecule has 1 aromatic rings. The minimum atomic E-state index is -0.370. The number of urea groups is 1. The number of ether oxygens (including phenoxy) is 1. The lowest BCUT2D eigenvalue weighted by Crippen LogP contribution is -2.46. The van der Waals surface area contributed by atoms with E-state index in [-0.39, 0.29) is 24.6 Å². The SMILES string of the molecule is CCN1C(=O)N[C@@H](c2cccs2)C2=C1COC2=O. The maximum atomic E-state index is 12.0. The van der Waals surface area contributed by atoms with Crippen LogP contribution in [0.3, 0.4) is 0 Å². The number of cyclic esters (lactones) is 1. The minimum absolute atomic E-state index is 0.173. The molecule has 0 unspecified atom stereocenters. The Bertz CT molecular complexity index is 536. The third kappa shape index (κ3) is 1.53. The number of likely N-dealkylation sites (N-methyl/N-ethyl adjacent to an activating group) is 1. The molecule has 0 saturated carbocycles.